The van der Waals surface area contributed by atoms with E-state index >= 15 is 0 Å². The Morgan fingerprint density at radius 3 is 2.88 bits per heavy atom. The molecular formula is C19H23N3O3S. The van der Waals surface area contributed by atoms with Gasteiger partial charge in [0.25, 0.3) is 5.91 Å². The number of ether oxygens (including phenoxy) is 1. The molecule has 0 atom stereocenters. The van der Waals surface area contributed by atoms with Crippen LogP contribution in [0.1, 0.15) is 32.1 Å². The summed E-state index contributed by atoms with van der Waals surface area (Å²) >= 11 is 1.45. The number of hydrogen-bond acceptors (Lipinski definition) is 5. The van der Waals surface area contributed by atoms with Gasteiger partial charge >= 0.3 is 0 Å². The Morgan fingerprint density at radius 2 is 2.19 bits per heavy atom. The fraction of sp³-hybridized carbons (Fsp3) is 0.421. The first-order valence-electron chi connectivity index (χ1n) is 8.74. The zero-order chi connectivity index (χ0) is 18.8. The molecule has 0 saturated carbocycles. The van der Waals surface area contributed by atoms with Crippen molar-refractivity contribution in [2.45, 2.75) is 34.1 Å². The molecule has 2 amide bonds. The lowest BCUT2D eigenvalue weighted by molar-refractivity contribution is -0.121. The van der Waals surface area contributed by atoms with E-state index in [4.69, 9.17) is 4.74 Å². The summed E-state index contributed by atoms with van der Waals surface area (Å²) in [5.74, 6) is 0.929. The lowest BCUT2D eigenvalue weighted by Gasteiger charge is -2.28. The molecule has 0 fully saturated rings. The first-order chi connectivity index (χ1) is 12.4. The van der Waals surface area contributed by atoms with Crippen LogP contribution in [0.3, 0.4) is 0 Å². The number of anilines is 2. The Morgan fingerprint density at radius 1 is 1.42 bits per heavy atom. The van der Waals surface area contributed by atoms with Crippen molar-refractivity contribution in [1.82, 2.24) is 4.98 Å². The van der Waals surface area contributed by atoms with Crippen LogP contribution in [0.2, 0.25) is 0 Å². The predicted octanol–water partition coefficient (Wildman–Crippen LogP) is 3.85. The molecular weight excluding hydrogens is 350 g/mol. The standard InChI is InChI=1S/C19H23N3O3S/c1-5-22-14-9-13(6-7-15(14)25-10-17(22)24)18-12(4)26-19(21-18)20-16(23)8-11(2)3/h6-7,9,11H,5,8,10H2,1-4H3,(H,20,21,23). The summed E-state index contributed by atoms with van der Waals surface area (Å²) in [5.41, 5.74) is 2.48. The molecule has 0 bridgehead atoms. The Bertz CT molecular complexity index is 845. The summed E-state index contributed by atoms with van der Waals surface area (Å²) in [6.07, 6.45) is 0.470. The van der Waals surface area contributed by atoms with E-state index in [-0.39, 0.29) is 18.4 Å². The van der Waals surface area contributed by atoms with Gasteiger partial charge in [0.15, 0.2) is 11.7 Å². The maximum Gasteiger partial charge on any atom is 0.265 e. The second kappa shape index (κ2) is 7.45. The third kappa shape index (κ3) is 3.72. The van der Waals surface area contributed by atoms with E-state index < -0.39 is 0 Å². The van der Waals surface area contributed by atoms with Crippen molar-refractivity contribution in [3.05, 3.63) is 23.1 Å². The van der Waals surface area contributed by atoms with Gasteiger partial charge in [0.2, 0.25) is 5.91 Å². The van der Waals surface area contributed by atoms with Crippen molar-refractivity contribution in [3.63, 3.8) is 0 Å². The second-order valence-corrected chi connectivity index (χ2v) is 7.88. The molecule has 1 aromatic heterocycles. The minimum Gasteiger partial charge on any atom is -0.482 e. The van der Waals surface area contributed by atoms with Crippen LogP contribution in [0.15, 0.2) is 18.2 Å². The molecule has 2 heterocycles. The van der Waals surface area contributed by atoms with Crippen molar-refractivity contribution in [3.8, 4) is 17.0 Å². The van der Waals surface area contributed by atoms with Gasteiger partial charge in [-0.3, -0.25) is 9.59 Å². The van der Waals surface area contributed by atoms with Crippen LogP contribution in [-0.2, 0) is 9.59 Å². The van der Waals surface area contributed by atoms with Crippen LogP contribution >= 0.6 is 11.3 Å². The van der Waals surface area contributed by atoms with Crippen molar-refractivity contribution in [2.75, 3.05) is 23.4 Å². The molecule has 1 aliphatic heterocycles. The van der Waals surface area contributed by atoms with Crippen molar-refractivity contribution in [2.24, 2.45) is 5.92 Å². The van der Waals surface area contributed by atoms with E-state index in [0.29, 0.717) is 29.8 Å². The van der Waals surface area contributed by atoms with Crippen molar-refractivity contribution >= 4 is 34.0 Å². The molecule has 138 valence electrons. The minimum absolute atomic E-state index is 0.0260. The first-order valence-corrected chi connectivity index (χ1v) is 9.55. The van der Waals surface area contributed by atoms with Crippen LogP contribution in [0.25, 0.3) is 11.3 Å². The van der Waals surface area contributed by atoms with Crippen LogP contribution in [0, 0.1) is 12.8 Å². The largest absolute Gasteiger partial charge is 0.482 e. The minimum atomic E-state index is -0.0474. The van der Waals surface area contributed by atoms with E-state index in [1.807, 2.05) is 45.9 Å². The SMILES string of the molecule is CCN1C(=O)COc2ccc(-c3nc(NC(=O)CC(C)C)sc3C)cc21. The monoisotopic (exact) mass is 373 g/mol. The average Bonchev–Trinajstić information content (AvgIpc) is 2.93. The predicted molar refractivity (Wildman–Crippen MR) is 104 cm³/mol. The number of amides is 2. The topological polar surface area (TPSA) is 71.5 Å². The highest BCUT2D eigenvalue weighted by atomic mass is 32.1. The first kappa shape index (κ1) is 18.4. The fourth-order valence-corrected chi connectivity index (χ4v) is 3.81. The van der Waals surface area contributed by atoms with Crippen LogP contribution in [0.4, 0.5) is 10.8 Å². The highest BCUT2D eigenvalue weighted by molar-refractivity contribution is 7.16. The molecule has 1 aliphatic rings. The lowest BCUT2D eigenvalue weighted by atomic mass is 10.1. The number of thiazole rings is 1. The average molecular weight is 373 g/mol. The maximum absolute atomic E-state index is 12.1. The van der Waals surface area contributed by atoms with E-state index in [1.165, 1.54) is 11.3 Å². The number of benzene rings is 1. The van der Waals surface area contributed by atoms with Gasteiger partial charge in [0.1, 0.15) is 5.75 Å². The number of nitrogens with zero attached hydrogens (tertiary/aromatic N) is 2. The number of carbonyl (C=O) groups is 2. The van der Waals surface area contributed by atoms with Crippen molar-refractivity contribution < 1.29 is 14.3 Å². The molecule has 0 aliphatic carbocycles. The zero-order valence-corrected chi connectivity index (χ0v) is 16.3. The molecule has 1 N–H and O–H groups in total. The van der Waals surface area contributed by atoms with E-state index in [0.717, 1.165) is 21.8 Å². The van der Waals surface area contributed by atoms with Crippen LogP contribution in [0.5, 0.6) is 5.75 Å². The highest BCUT2D eigenvalue weighted by Crippen LogP contribution is 2.38. The lowest BCUT2D eigenvalue weighted by Crippen LogP contribution is -2.38. The van der Waals surface area contributed by atoms with Gasteiger partial charge in [-0.2, -0.15) is 0 Å². The number of rotatable bonds is 5. The molecule has 2 aromatic rings. The number of fused-ring (bicyclic) bond motifs is 1. The molecule has 0 radical (unpaired) electrons. The molecule has 0 saturated heterocycles. The number of aromatic nitrogens is 1. The summed E-state index contributed by atoms with van der Waals surface area (Å²) in [6, 6.07) is 5.73. The Kier molecular flexibility index (Phi) is 5.27. The van der Waals surface area contributed by atoms with Gasteiger partial charge in [-0.1, -0.05) is 13.8 Å². The van der Waals surface area contributed by atoms with Gasteiger partial charge in [-0.25, -0.2) is 4.98 Å². The van der Waals surface area contributed by atoms with Gasteiger partial charge < -0.3 is 15.0 Å². The number of aryl methyl sites for hydroxylation is 1. The maximum atomic E-state index is 12.1. The van der Waals surface area contributed by atoms with Gasteiger partial charge in [-0.15, -0.1) is 11.3 Å². The molecule has 7 heteroatoms. The third-order valence-corrected chi connectivity index (χ3v) is 5.01. The number of likely N-dealkylation sites (N-methyl/N-ethyl adjacent to an activating group) is 1. The molecule has 0 spiro atoms. The van der Waals surface area contributed by atoms with Crippen molar-refractivity contribution in [1.29, 1.82) is 0 Å². The number of carbonyl (C=O) groups excluding carboxylic acids is 2. The molecule has 1 aromatic carbocycles. The summed E-state index contributed by atoms with van der Waals surface area (Å²) in [4.78, 5) is 31.4. The number of hydrogen-bond donors (Lipinski definition) is 1. The molecule has 26 heavy (non-hydrogen) atoms. The molecule has 3 rings (SSSR count). The van der Waals surface area contributed by atoms with Crippen LogP contribution in [-0.4, -0.2) is 29.9 Å². The summed E-state index contributed by atoms with van der Waals surface area (Å²) < 4.78 is 5.52. The van der Waals surface area contributed by atoms with Gasteiger partial charge in [0.05, 0.1) is 11.4 Å². The Hall–Kier alpha value is -2.41. The van der Waals surface area contributed by atoms with Gasteiger partial charge in [-0.05, 0) is 38.0 Å². The van der Waals surface area contributed by atoms with E-state index in [1.54, 1.807) is 4.90 Å². The quantitative estimate of drug-likeness (QED) is 0.864. The highest BCUT2D eigenvalue weighted by Gasteiger charge is 2.25. The molecule has 6 nitrogen and oxygen atoms in total. The molecule has 0 unspecified atom stereocenters. The van der Waals surface area contributed by atoms with E-state index in [9.17, 15) is 9.59 Å². The summed E-state index contributed by atoms with van der Waals surface area (Å²) in [6.45, 7) is 8.59. The second-order valence-electron chi connectivity index (χ2n) is 6.68. The third-order valence-electron chi connectivity index (χ3n) is 4.13. The van der Waals surface area contributed by atoms with E-state index in [2.05, 4.69) is 10.3 Å². The zero-order valence-electron chi connectivity index (χ0n) is 15.5. The summed E-state index contributed by atoms with van der Waals surface area (Å²) in [7, 11) is 0. The normalized spacial score (nSPS) is 13.6. The van der Waals surface area contributed by atoms with Gasteiger partial charge in [0, 0.05) is 23.4 Å². The Balaban J connectivity index is 1.89. The smallest absolute Gasteiger partial charge is 0.265 e. The Labute approximate surface area is 157 Å². The summed E-state index contributed by atoms with van der Waals surface area (Å²) in [5, 5.41) is 3.47. The fourth-order valence-electron chi connectivity index (χ4n) is 2.95. The number of nitrogens with one attached hydrogen (secondary N) is 1. The van der Waals surface area contributed by atoms with Crippen LogP contribution < -0.4 is 15.0 Å².